The maximum atomic E-state index is 11.1. The van der Waals surface area contributed by atoms with Crippen LogP contribution in [0.15, 0.2) is 36.8 Å². The highest BCUT2D eigenvalue weighted by atomic mass is 16.4. The Kier molecular flexibility index (Phi) is 4.12. The zero-order valence-electron chi connectivity index (χ0n) is 13.8. The highest BCUT2D eigenvalue weighted by Crippen LogP contribution is 2.22. The third-order valence-corrected chi connectivity index (χ3v) is 3.90. The van der Waals surface area contributed by atoms with Crippen LogP contribution in [0, 0.1) is 13.8 Å². The number of carboxylic acid groups (broad SMARTS) is 1. The lowest BCUT2D eigenvalue weighted by molar-refractivity contribution is 0.0691. The monoisotopic (exact) mass is 322 g/mol. The SMILES string of the molecule is CCc1c(C)nc(-c2ccc(C)cc2)nc1-n1cnc(C(=O)O)c1. The van der Waals surface area contributed by atoms with E-state index in [0.29, 0.717) is 11.6 Å². The Morgan fingerprint density at radius 1 is 1.17 bits per heavy atom. The van der Waals surface area contributed by atoms with Crippen molar-refractivity contribution in [2.75, 3.05) is 0 Å². The van der Waals surface area contributed by atoms with Crippen molar-refractivity contribution in [2.24, 2.45) is 0 Å². The van der Waals surface area contributed by atoms with Crippen molar-refractivity contribution in [1.82, 2.24) is 19.5 Å². The van der Waals surface area contributed by atoms with E-state index in [2.05, 4.69) is 15.0 Å². The Morgan fingerprint density at radius 2 is 1.88 bits per heavy atom. The molecule has 0 aliphatic carbocycles. The third kappa shape index (κ3) is 2.90. The molecule has 1 N–H and O–H groups in total. The van der Waals surface area contributed by atoms with Gasteiger partial charge in [0.2, 0.25) is 0 Å². The maximum absolute atomic E-state index is 11.1. The van der Waals surface area contributed by atoms with Gasteiger partial charge in [0.15, 0.2) is 11.5 Å². The van der Waals surface area contributed by atoms with Crippen molar-refractivity contribution < 1.29 is 9.90 Å². The molecule has 6 nitrogen and oxygen atoms in total. The number of aromatic carboxylic acids is 1. The molecule has 2 heterocycles. The van der Waals surface area contributed by atoms with Crippen molar-refractivity contribution in [3.63, 3.8) is 0 Å². The molecule has 0 spiro atoms. The zero-order valence-corrected chi connectivity index (χ0v) is 13.8. The van der Waals surface area contributed by atoms with Gasteiger partial charge in [-0.25, -0.2) is 19.7 Å². The van der Waals surface area contributed by atoms with Crippen LogP contribution >= 0.6 is 0 Å². The normalized spacial score (nSPS) is 10.8. The first-order valence-electron chi connectivity index (χ1n) is 7.71. The van der Waals surface area contributed by atoms with E-state index in [0.717, 1.165) is 23.2 Å². The fourth-order valence-electron chi connectivity index (χ4n) is 2.59. The van der Waals surface area contributed by atoms with Gasteiger partial charge in [-0.15, -0.1) is 0 Å². The number of aromatic nitrogens is 4. The Labute approximate surface area is 139 Å². The molecule has 3 aromatic rings. The van der Waals surface area contributed by atoms with E-state index in [1.54, 1.807) is 4.57 Å². The minimum atomic E-state index is -1.06. The lowest BCUT2D eigenvalue weighted by Crippen LogP contribution is -2.07. The van der Waals surface area contributed by atoms with Gasteiger partial charge in [0.25, 0.3) is 0 Å². The van der Waals surface area contributed by atoms with Crippen molar-refractivity contribution in [1.29, 1.82) is 0 Å². The summed E-state index contributed by atoms with van der Waals surface area (Å²) in [5, 5.41) is 9.08. The first-order chi connectivity index (χ1) is 11.5. The van der Waals surface area contributed by atoms with Gasteiger partial charge in [-0.05, 0) is 20.3 Å². The minimum absolute atomic E-state index is 0.00907. The molecule has 2 aromatic heterocycles. The molecule has 0 aliphatic heterocycles. The van der Waals surface area contributed by atoms with E-state index >= 15 is 0 Å². The molecule has 3 rings (SSSR count). The van der Waals surface area contributed by atoms with E-state index in [1.165, 1.54) is 18.1 Å². The van der Waals surface area contributed by atoms with Crippen LogP contribution < -0.4 is 0 Å². The number of imidazole rings is 1. The van der Waals surface area contributed by atoms with Gasteiger partial charge in [-0.3, -0.25) is 4.57 Å². The first kappa shape index (κ1) is 15.9. The van der Waals surface area contributed by atoms with Crippen LogP contribution in [0.25, 0.3) is 17.2 Å². The second-order valence-corrected chi connectivity index (χ2v) is 5.63. The Hall–Kier alpha value is -3.02. The molecule has 0 fully saturated rings. The Morgan fingerprint density at radius 3 is 2.46 bits per heavy atom. The summed E-state index contributed by atoms with van der Waals surface area (Å²) < 4.78 is 1.65. The van der Waals surface area contributed by atoms with E-state index in [1.807, 2.05) is 45.0 Å². The van der Waals surface area contributed by atoms with Crippen LogP contribution in [0.2, 0.25) is 0 Å². The molecular weight excluding hydrogens is 304 g/mol. The second kappa shape index (κ2) is 6.23. The van der Waals surface area contributed by atoms with Crippen LogP contribution in [0.3, 0.4) is 0 Å². The van der Waals surface area contributed by atoms with Gasteiger partial charge >= 0.3 is 5.97 Å². The molecule has 0 aliphatic rings. The topological polar surface area (TPSA) is 80.9 Å². The molecule has 1 aromatic carbocycles. The van der Waals surface area contributed by atoms with E-state index in [9.17, 15) is 4.79 Å². The summed E-state index contributed by atoms with van der Waals surface area (Å²) in [6.07, 6.45) is 3.70. The highest BCUT2D eigenvalue weighted by molar-refractivity contribution is 5.85. The smallest absolute Gasteiger partial charge is 0.356 e. The molecule has 0 saturated heterocycles. The van der Waals surface area contributed by atoms with Crippen LogP contribution in [0.5, 0.6) is 0 Å². The highest BCUT2D eigenvalue weighted by Gasteiger charge is 2.15. The number of rotatable bonds is 4. The van der Waals surface area contributed by atoms with Crippen LogP contribution in [-0.2, 0) is 6.42 Å². The average Bonchev–Trinajstić information content (AvgIpc) is 3.05. The van der Waals surface area contributed by atoms with Gasteiger partial charge < -0.3 is 5.11 Å². The van der Waals surface area contributed by atoms with Crippen LogP contribution in [-0.4, -0.2) is 30.6 Å². The fourth-order valence-corrected chi connectivity index (χ4v) is 2.59. The lowest BCUT2D eigenvalue weighted by Gasteiger charge is -2.12. The van der Waals surface area contributed by atoms with Gasteiger partial charge in [0.1, 0.15) is 12.1 Å². The summed E-state index contributed by atoms with van der Waals surface area (Å²) in [6.45, 7) is 5.99. The lowest BCUT2D eigenvalue weighted by atomic mass is 10.1. The maximum Gasteiger partial charge on any atom is 0.356 e. The molecule has 6 heteroatoms. The number of carboxylic acids is 1. The summed E-state index contributed by atoms with van der Waals surface area (Å²) >= 11 is 0. The van der Waals surface area contributed by atoms with E-state index in [-0.39, 0.29) is 5.69 Å². The van der Waals surface area contributed by atoms with Crippen molar-refractivity contribution >= 4 is 5.97 Å². The number of carbonyl (C=O) groups is 1. The summed E-state index contributed by atoms with van der Waals surface area (Å²) in [5.74, 6) is 0.224. The van der Waals surface area contributed by atoms with Crippen molar-refractivity contribution in [3.8, 4) is 17.2 Å². The summed E-state index contributed by atoms with van der Waals surface area (Å²) in [5.41, 5.74) is 3.93. The second-order valence-electron chi connectivity index (χ2n) is 5.63. The molecule has 24 heavy (non-hydrogen) atoms. The standard InChI is InChI=1S/C18H18N4O2/c1-4-14-12(3)20-16(13-7-5-11(2)6-8-13)21-17(14)22-9-15(18(23)24)19-10-22/h5-10H,4H2,1-3H3,(H,23,24). The van der Waals surface area contributed by atoms with E-state index in [4.69, 9.17) is 5.11 Å². The summed E-state index contributed by atoms with van der Waals surface area (Å²) in [6, 6.07) is 7.99. The van der Waals surface area contributed by atoms with Crippen LogP contribution in [0.1, 0.15) is 34.2 Å². The molecule has 0 radical (unpaired) electrons. The van der Waals surface area contributed by atoms with E-state index < -0.39 is 5.97 Å². The zero-order chi connectivity index (χ0) is 17.3. The van der Waals surface area contributed by atoms with Gasteiger partial charge in [0, 0.05) is 23.0 Å². The van der Waals surface area contributed by atoms with Gasteiger partial charge in [0.05, 0.1) is 0 Å². The molecule has 122 valence electrons. The van der Waals surface area contributed by atoms with Gasteiger partial charge in [-0.2, -0.15) is 0 Å². The summed E-state index contributed by atoms with van der Waals surface area (Å²) in [7, 11) is 0. The number of hydrogen-bond donors (Lipinski definition) is 1. The van der Waals surface area contributed by atoms with Crippen molar-refractivity contribution in [3.05, 3.63) is 59.3 Å². The number of benzene rings is 1. The quantitative estimate of drug-likeness (QED) is 0.797. The van der Waals surface area contributed by atoms with Crippen molar-refractivity contribution in [2.45, 2.75) is 27.2 Å². The average molecular weight is 322 g/mol. The van der Waals surface area contributed by atoms with Gasteiger partial charge in [-0.1, -0.05) is 36.8 Å². The predicted molar refractivity (Wildman–Crippen MR) is 90.4 cm³/mol. The molecule has 0 atom stereocenters. The van der Waals surface area contributed by atoms with Crippen LogP contribution in [0.4, 0.5) is 0 Å². The Balaban J connectivity index is 2.16. The number of hydrogen-bond acceptors (Lipinski definition) is 4. The molecular formula is C18H18N4O2. The largest absolute Gasteiger partial charge is 0.476 e. The molecule has 0 unspecified atom stereocenters. The predicted octanol–water partition coefficient (Wildman–Crippen LogP) is 3.21. The third-order valence-electron chi connectivity index (χ3n) is 3.90. The Bertz CT molecular complexity index is 898. The summed E-state index contributed by atoms with van der Waals surface area (Å²) in [4.78, 5) is 24.3. The number of aryl methyl sites for hydroxylation is 2. The minimum Gasteiger partial charge on any atom is -0.476 e. The molecule has 0 amide bonds. The first-order valence-corrected chi connectivity index (χ1v) is 7.71. The number of nitrogens with zero attached hydrogens (tertiary/aromatic N) is 4. The fraction of sp³-hybridized carbons (Fsp3) is 0.222. The molecule has 0 bridgehead atoms. The molecule has 0 saturated carbocycles.